The van der Waals surface area contributed by atoms with Gasteiger partial charge in [-0.15, -0.1) is 0 Å². The fourth-order valence-corrected chi connectivity index (χ4v) is 4.90. The van der Waals surface area contributed by atoms with Crippen molar-refractivity contribution in [1.82, 2.24) is 10.2 Å². The molecule has 0 unspecified atom stereocenters. The van der Waals surface area contributed by atoms with Crippen molar-refractivity contribution in [2.75, 3.05) is 6.54 Å². The first kappa shape index (κ1) is 27.1. The molecule has 0 bridgehead atoms. The second-order valence-corrected chi connectivity index (χ2v) is 10.1. The Kier molecular flexibility index (Phi) is 7.96. The van der Waals surface area contributed by atoms with Gasteiger partial charge < -0.3 is 19.4 Å². The van der Waals surface area contributed by atoms with Crippen molar-refractivity contribution in [3.63, 3.8) is 0 Å². The minimum Gasteiger partial charge on any atom is -0.486 e. The molecule has 3 aromatic carbocycles. The first-order valence-electron chi connectivity index (χ1n) is 13.2. The Morgan fingerprint density at radius 3 is 2.55 bits per heavy atom. The predicted molar refractivity (Wildman–Crippen MR) is 146 cm³/mol. The molecule has 0 saturated carbocycles. The van der Waals surface area contributed by atoms with Crippen LogP contribution < -0.4 is 10.1 Å². The van der Waals surface area contributed by atoms with Crippen LogP contribution in [0.15, 0.2) is 83.3 Å². The highest BCUT2D eigenvalue weighted by molar-refractivity contribution is 5.91. The fraction of sp³-hybridized carbons (Fsp3) is 0.250. The average Bonchev–Trinajstić information content (AvgIpc) is 3.43. The molecular weight excluding hydrogens is 514 g/mol. The summed E-state index contributed by atoms with van der Waals surface area (Å²) in [6.45, 7) is 4.58. The number of carbonyl (C=O) groups is 2. The van der Waals surface area contributed by atoms with Crippen molar-refractivity contribution in [2.24, 2.45) is 5.92 Å². The number of ether oxygens (including phenoxy) is 1. The molecule has 1 aromatic heterocycles. The van der Waals surface area contributed by atoms with Crippen LogP contribution in [-0.4, -0.2) is 23.3 Å². The normalized spacial score (nSPS) is 14.6. The molecule has 1 aliphatic heterocycles. The lowest BCUT2D eigenvalue weighted by molar-refractivity contribution is -0.136. The molecule has 8 heteroatoms. The molecule has 1 aliphatic rings. The number of furan rings is 1. The highest BCUT2D eigenvalue weighted by atomic mass is 19.1. The third-order valence-electron chi connectivity index (χ3n) is 6.92. The SMILES string of the molecule is CC(C)C(=O)N1CCc2ccc(OCc3ccc(C(=O)NCc4cccc(F)c4)o3)cc2[C@H]1c1ccc(F)cc1. The van der Waals surface area contributed by atoms with Crippen molar-refractivity contribution in [2.45, 2.75) is 39.5 Å². The van der Waals surface area contributed by atoms with Crippen LogP contribution in [0.5, 0.6) is 5.75 Å². The van der Waals surface area contributed by atoms with E-state index in [0.717, 1.165) is 16.7 Å². The summed E-state index contributed by atoms with van der Waals surface area (Å²) < 4.78 is 38.7. The molecule has 0 spiro atoms. The molecule has 0 saturated heterocycles. The van der Waals surface area contributed by atoms with Crippen LogP contribution in [0.3, 0.4) is 0 Å². The number of hydrogen-bond acceptors (Lipinski definition) is 4. The Morgan fingerprint density at radius 1 is 1.00 bits per heavy atom. The Morgan fingerprint density at radius 2 is 1.80 bits per heavy atom. The van der Waals surface area contributed by atoms with Crippen LogP contribution in [0, 0.1) is 17.6 Å². The quantitative estimate of drug-likeness (QED) is 0.287. The number of carbonyl (C=O) groups excluding carboxylic acids is 2. The Bertz CT molecular complexity index is 1510. The Labute approximate surface area is 231 Å². The van der Waals surface area contributed by atoms with Crippen LogP contribution in [-0.2, 0) is 24.4 Å². The van der Waals surface area contributed by atoms with E-state index >= 15 is 0 Å². The molecule has 206 valence electrons. The first-order chi connectivity index (χ1) is 19.3. The number of nitrogens with zero attached hydrogens (tertiary/aromatic N) is 1. The maximum atomic E-state index is 13.7. The predicted octanol–water partition coefficient (Wildman–Crippen LogP) is 6.20. The molecule has 6 nitrogen and oxygen atoms in total. The average molecular weight is 545 g/mol. The molecule has 2 heterocycles. The van der Waals surface area contributed by atoms with Gasteiger partial charge in [0.25, 0.3) is 5.91 Å². The van der Waals surface area contributed by atoms with E-state index in [4.69, 9.17) is 9.15 Å². The maximum absolute atomic E-state index is 13.7. The highest BCUT2D eigenvalue weighted by Crippen LogP contribution is 2.38. The fourth-order valence-electron chi connectivity index (χ4n) is 4.90. The van der Waals surface area contributed by atoms with Crippen LogP contribution in [0.25, 0.3) is 0 Å². The van der Waals surface area contributed by atoms with Gasteiger partial charge in [0.05, 0.1) is 6.04 Å². The summed E-state index contributed by atoms with van der Waals surface area (Å²) in [7, 11) is 0. The van der Waals surface area contributed by atoms with Crippen LogP contribution in [0.2, 0.25) is 0 Å². The van der Waals surface area contributed by atoms with Gasteiger partial charge in [-0.25, -0.2) is 8.78 Å². The van der Waals surface area contributed by atoms with Gasteiger partial charge in [0.1, 0.15) is 29.8 Å². The standard InChI is InChI=1S/C32H30F2N2O4/c1-20(2)32(38)36-15-14-22-8-11-26(17-28(22)30(36)23-6-9-24(33)10-7-23)39-19-27-12-13-29(40-27)31(37)35-18-21-4-3-5-25(34)16-21/h3-13,16-17,20,30H,14-15,18-19H2,1-2H3,(H,35,37)/t30-/m1/s1. The molecule has 0 radical (unpaired) electrons. The Hall–Kier alpha value is -4.46. The van der Waals surface area contributed by atoms with Crippen molar-refractivity contribution >= 4 is 11.8 Å². The second-order valence-electron chi connectivity index (χ2n) is 10.1. The number of hydrogen-bond donors (Lipinski definition) is 1. The van der Waals surface area contributed by atoms with E-state index < -0.39 is 5.91 Å². The zero-order valence-electron chi connectivity index (χ0n) is 22.3. The smallest absolute Gasteiger partial charge is 0.287 e. The van der Waals surface area contributed by atoms with Crippen molar-refractivity contribution in [3.8, 4) is 5.75 Å². The number of fused-ring (bicyclic) bond motifs is 1. The molecular formula is C32H30F2N2O4. The zero-order valence-corrected chi connectivity index (χ0v) is 22.3. The van der Waals surface area contributed by atoms with Gasteiger partial charge in [-0.05, 0) is 77.2 Å². The summed E-state index contributed by atoms with van der Waals surface area (Å²) >= 11 is 0. The van der Waals surface area contributed by atoms with Gasteiger partial charge in [-0.2, -0.15) is 0 Å². The maximum Gasteiger partial charge on any atom is 0.287 e. The van der Waals surface area contributed by atoms with Gasteiger partial charge >= 0.3 is 0 Å². The van der Waals surface area contributed by atoms with E-state index in [1.807, 2.05) is 36.9 Å². The molecule has 1 N–H and O–H groups in total. The number of nitrogens with one attached hydrogen (secondary N) is 1. The number of rotatable bonds is 8. The molecule has 2 amide bonds. The van der Waals surface area contributed by atoms with Crippen LogP contribution in [0.1, 0.15) is 58.5 Å². The van der Waals surface area contributed by atoms with Gasteiger partial charge in [0, 0.05) is 19.0 Å². The van der Waals surface area contributed by atoms with E-state index in [9.17, 15) is 18.4 Å². The van der Waals surface area contributed by atoms with E-state index in [2.05, 4.69) is 5.32 Å². The lowest BCUT2D eigenvalue weighted by Gasteiger charge is -2.39. The van der Waals surface area contributed by atoms with E-state index in [1.165, 1.54) is 24.3 Å². The topological polar surface area (TPSA) is 71.8 Å². The van der Waals surface area contributed by atoms with Gasteiger partial charge in [-0.3, -0.25) is 9.59 Å². The summed E-state index contributed by atoms with van der Waals surface area (Å²) in [6.07, 6.45) is 0.706. The molecule has 5 rings (SSSR count). The lowest BCUT2D eigenvalue weighted by Crippen LogP contribution is -2.42. The largest absolute Gasteiger partial charge is 0.486 e. The van der Waals surface area contributed by atoms with Gasteiger partial charge in [0.15, 0.2) is 5.76 Å². The number of amides is 2. The molecule has 0 fully saturated rings. The van der Waals surface area contributed by atoms with Crippen molar-refractivity contribution < 1.29 is 27.5 Å². The highest BCUT2D eigenvalue weighted by Gasteiger charge is 2.33. The molecule has 1 atom stereocenters. The number of benzene rings is 3. The first-order valence-corrected chi connectivity index (χ1v) is 13.2. The Balaban J connectivity index is 1.30. The van der Waals surface area contributed by atoms with Crippen molar-refractivity contribution in [1.29, 1.82) is 0 Å². The summed E-state index contributed by atoms with van der Waals surface area (Å²) in [6, 6.07) is 20.9. The molecule has 40 heavy (non-hydrogen) atoms. The van der Waals surface area contributed by atoms with E-state index in [-0.39, 0.29) is 48.4 Å². The van der Waals surface area contributed by atoms with Gasteiger partial charge in [0.2, 0.25) is 5.91 Å². The van der Waals surface area contributed by atoms with Crippen molar-refractivity contribution in [3.05, 3.63) is 124 Å². The second kappa shape index (κ2) is 11.7. The van der Waals surface area contributed by atoms with Gasteiger partial charge in [-0.1, -0.05) is 44.2 Å². The summed E-state index contributed by atoms with van der Waals surface area (Å²) in [4.78, 5) is 27.4. The third kappa shape index (κ3) is 6.06. The molecule has 4 aromatic rings. The zero-order chi connectivity index (χ0) is 28.2. The third-order valence-corrected chi connectivity index (χ3v) is 6.92. The minimum atomic E-state index is -0.415. The number of halogens is 2. The minimum absolute atomic E-state index is 0.0325. The van der Waals surface area contributed by atoms with E-state index in [0.29, 0.717) is 30.0 Å². The monoisotopic (exact) mass is 544 g/mol. The van der Waals surface area contributed by atoms with Crippen LogP contribution in [0.4, 0.5) is 8.78 Å². The van der Waals surface area contributed by atoms with Crippen LogP contribution >= 0.6 is 0 Å². The summed E-state index contributed by atoms with van der Waals surface area (Å²) in [5.74, 6) is -0.0959. The molecule has 0 aliphatic carbocycles. The summed E-state index contributed by atoms with van der Waals surface area (Å²) in [5, 5.41) is 2.71. The summed E-state index contributed by atoms with van der Waals surface area (Å²) in [5.41, 5.74) is 3.50. The lowest BCUT2D eigenvalue weighted by atomic mass is 9.87. The van der Waals surface area contributed by atoms with E-state index in [1.54, 1.807) is 36.4 Å².